The number of carbonyl (C=O) groups excluding carboxylic acids is 2. The average molecular weight is 396 g/mol. The molecule has 0 radical (unpaired) electrons. The summed E-state index contributed by atoms with van der Waals surface area (Å²) in [4.78, 5) is 36.9. The number of hydrogen-bond donors (Lipinski definition) is 3. The van der Waals surface area contributed by atoms with Gasteiger partial charge in [0.1, 0.15) is 12.1 Å². The van der Waals surface area contributed by atoms with Crippen LogP contribution in [0.15, 0.2) is 60.7 Å². The van der Waals surface area contributed by atoms with Crippen molar-refractivity contribution in [3.63, 3.8) is 0 Å². The van der Waals surface area contributed by atoms with Crippen LogP contribution in [0.1, 0.15) is 31.4 Å². The van der Waals surface area contributed by atoms with Crippen LogP contribution >= 0.6 is 0 Å². The number of hydrogen-bond acceptors (Lipinski definition) is 3. The van der Waals surface area contributed by atoms with Crippen LogP contribution in [0, 0.1) is 5.92 Å². The lowest BCUT2D eigenvalue weighted by atomic mass is 10.0. The van der Waals surface area contributed by atoms with E-state index in [1.807, 2.05) is 74.5 Å². The number of rotatable bonds is 10. The van der Waals surface area contributed by atoms with E-state index in [2.05, 4.69) is 10.6 Å². The molecule has 0 saturated carbocycles. The van der Waals surface area contributed by atoms with E-state index < -0.39 is 24.0 Å². The molecule has 3 N–H and O–H groups in total. The molecule has 0 heterocycles. The predicted molar refractivity (Wildman–Crippen MR) is 111 cm³/mol. The zero-order chi connectivity index (χ0) is 21.2. The summed E-state index contributed by atoms with van der Waals surface area (Å²) in [6.45, 7) is 3.79. The molecule has 2 atom stereocenters. The first-order chi connectivity index (χ1) is 13.8. The zero-order valence-electron chi connectivity index (χ0n) is 16.8. The Balaban J connectivity index is 2.11. The molecule has 6 nitrogen and oxygen atoms in total. The first-order valence-corrected chi connectivity index (χ1v) is 9.75. The van der Waals surface area contributed by atoms with Crippen LogP contribution in [0.4, 0.5) is 0 Å². The summed E-state index contributed by atoms with van der Waals surface area (Å²) in [5, 5.41) is 14.8. The van der Waals surface area contributed by atoms with Gasteiger partial charge in [-0.25, -0.2) is 4.79 Å². The van der Waals surface area contributed by atoms with Crippen LogP contribution in [0.25, 0.3) is 0 Å². The maximum Gasteiger partial charge on any atom is 0.326 e. The highest BCUT2D eigenvalue weighted by Gasteiger charge is 2.27. The van der Waals surface area contributed by atoms with Crippen LogP contribution in [-0.2, 0) is 27.2 Å². The SMILES string of the molecule is CC(C)C[C@H](NC(=O)[C@H](Cc1ccccc1)NC(=O)Cc1ccccc1)C(=O)O. The van der Waals surface area contributed by atoms with E-state index >= 15 is 0 Å². The third-order valence-electron chi connectivity index (χ3n) is 4.46. The highest BCUT2D eigenvalue weighted by atomic mass is 16.4. The second-order valence-electron chi connectivity index (χ2n) is 7.50. The van der Waals surface area contributed by atoms with Gasteiger partial charge in [0.15, 0.2) is 0 Å². The van der Waals surface area contributed by atoms with Crippen molar-refractivity contribution < 1.29 is 19.5 Å². The molecule has 0 aliphatic rings. The van der Waals surface area contributed by atoms with Crippen LogP contribution in [-0.4, -0.2) is 35.0 Å². The van der Waals surface area contributed by atoms with Crippen molar-refractivity contribution in [3.05, 3.63) is 71.8 Å². The topological polar surface area (TPSA) is 95.5 Å². The number of nitrogens with one attached hydrogen (secondary N) is 2. The first-order valence-electron chi connectivity index (χ1n) is 9.75. The standard InChI is InChI=1S/C23H28N2O4/c1-16(2)13-20(23(28)29)25-22(27)19(14-17-9-5-3-6-10-17)24-21(26)15-18-11-7-4-8-12-18/h3-12,16,19-20H,13-15H2,1-2H3,(H,24,26)(H,25,27)(H,28,29)/t19-,20-/m0/s1. The van der Waals surface area contributed by atoms with Gasteiger partial charge in [-0.2, -0.15) is 0 Å². The molecular weight excluding hydrogens is 368 g/mol. The van der Waals surface area contributed by atoms with Crippen molar-refractivity contribution in [2.45, 2.75) is 45.2 Å². The second-order valence-corrected chi connectivity index (χ2v) is 7.50. The van der Waals surface area contributed by atoms with Crippen molar-refractivity contribution in [2.75, 3.05) is 0 Å². The Morgan fingerprint density at radius 3 is 1.90 bits per heavy atom. The summed E-state index contributed by atoms with van der Waals surface area (Å²) >= 11 is 0. The first kappa shape index (κ1) is 22.1. The largest absolute Gasteiger partial charge is 0.480 e. The summed E-state index contributed by atoms with van der Waals surface area (Å²) < 4.78 is 0. The van der Waals surface area contributed by atoms with E-state index in [0.29, 0.717) is 6.42 Å². The Morgan fingerprint density at radius 2 is 1.38 bits per heavy atom. The number of carboxylic acids is 1. The molecule has 2 aromatic carbocycles. The van der Waals surface area contributed by atoms with Crippen LogP contribution in [0.5, 0.6) is 0 Å². The highest BCUT2D eigenvalue weighted by Crippen LogP contribution is 2.08. The summed E-state index contributed by atoms with van der Waals surface area (Å²) in [5.41, 5.74) is 1.72. The minimum Gasteiger partial charge on any atom is -0.480 e. The monoisotopic (exact) mass is 396 g/mol. The maximum atomic E-state index is 12.8. The van der Waals surface area contributed by atoms with E-state index in [-0.39, 0.29) is 24.7 Å². The van der Waals surface area contributed by atoms with Gasteiger partial charge in [0, 0.05) is 6.42 Å². The molecule has 0 spiro atoms. The van der Waals surface area contributed by atoms with Gasteiger partial charge in [-0.05, 0) is 23.5 Å². The second kappa shape index (κ2) is 11.0. The van der Waals surface area contributed by atoms with E-state index in [1.54, 1.807) is 0 Å². The van der Waals surface area contributed by atoms with Crippen molar-refractivity contribution in [1.82, 2.24) is 10.6 Å². The van der Waals surface area contributed by atoms with E-state index in [4.69, 9.17) is 0 Å². The molecule has 0 fully saturated rings. The normalized spacial score (nSPS) is 12.8. The average Bonchev–Trinajstić information content (AvgIpc) is 2.68. The van der Waals surface area contributed by atoms with Gasteiger partial charge in [0.25, 0.3) is 0 Å². The molecule has 0 aliphatic heterocycles. The lowest BCUT2D eigenvalue weighted by Gasteiger charge is -2.22. The predicted octanol–water partition coefficient (Wildman–Crippen LogP) is 2.57. The van der Waals surface area contributed by atoms with E-state index in [0.717, 1.165) is 11.1 Å². The highest BCUT2D eigenvalue weighted by molar-refractivity contribution is 5.91. The van der Waals surface area contributed by atoms with Gasteiger partial charge in [0.2, 0.25) is 11.8 Å². The molecule has 2 amide bonds. The molecule has 0 unspecified atom stereocenters. The number of carboxylic acid groups (broad SMARTS) is 1. The number of aliphatic carboxylic acids is 1. The summed E-state index contributed by atoms with van der Waals surface area (Å²) in [5.74, 6) is -1.76. The molecule has 2 rings (SSSR count). The fourth-order valence-corrected chi connectivity index (χ4v) is 3.05. The Labute approximate surface area is 171 Å². The Morgan fingerprint density at radius 1 is 0.828 bits per heavy atom. The molecule has 0 aliphatic carbocycles. The fraction of sp³-hybridized carbons (Fsp3) is 0.348. The van der Waals surface area contributed by atoms with Crippen molar-refractivity contribution in [1.29, 1.82) is 0 Å². The van der Waals surface area contributed by atoms with Gasteiger partial charge in [-0.1, -0.05) is 74.5 Å². The molecule has 29 heavy (non-hydrogen) atoms. The van der Waals surface area contributed by atoms with Gasteiger partial charge in [0.05, 0.1) is 6.42 Å². The van der Waals surface area contributed by atoms with Crippen LogP contribution in [0.3, 0.4) is 0 Å². The van der Waals surface area contributed by atoms with Gasteiger partial charge in [-0.3, -0.25) is 9.59 Å². The number of benzene rings is 2. The molecule has 0 saturated heterocycles. The quantitative estimate of drug-likeness (QED) is 0.575. The Bertz CT molecular complexity index is 806. The smallest absolute Gasteiger partial charge is 0.326 e. The lowest BCUT2D eigenvalue weighted by Crippen LogP contribution is -2.53. The summed E-state index contributed by atoms with van der Waals surface area (Å²) in [7, 11) is 0. The molecular formula is C23H28N2O4. The summed E-state index contributed by atoms with van der Waals surface area (Å²) in [6, 6.07) is 16.7. The Hall–Kier alpha value is -3.15. The molecule has 2 aromatic rings. The Kier molecular flexibility index (Phi) is 8.40. The van der Waals surface area contributed by atoms with Crippen molar-refractivity contribution >= 4 is 17.8 Å². The lowest BCUT2D eigenvalue weighted by molar-refractivity contribution is -0.142. The van der Waals surface area contributed by atoms with Gasteiger partial charge >= 0.3 is 5.97 Å². The minimum atomic E-state index is -1.08. The zero-order valence-corrected chi connectivity index (χ0v) is 16.8. The van der Waals surface area contributed by atoms with Gasteiger partial charge in [-0.15, -0.1) is 0 Å². The van der Waals surface area contributed by atoms with E-state index in [1.165, 1.54) is 0 Å². The van der Waals surface area contributed by atoms with Crippen molar-refractivity contribution in [2.24, 2.45) is 5.92 Å². The van der Waals surface area contributed by atoms with Gasteiger partial charge < -0.3 is 15.7 Å². The molecule has 6 heteroatoms. The summed E-state index contributed by atoms with van der Waals surface area (Å²) in [6.07, 6.45) is 0.742. The number of carbonyl (C=O) groups is 3. The van der Waals surface area contributed by atoms with Crippen LogP contribution < -0.4 is 10.6 Å². The third-order valence-corrected chi connectivity index (χ3v) is 4.46. The molecule has 154 valence electrons. The number of amides is 2. The third kappa shape index (κ3) is 7.78. The van der Waals surface area contributed by atoms with E-state index in [9.17, 15) is 19.5 Å². The fourth-order valence-electron chi connectivity index (χ4n) is 3.05. The minimum absolute atomic E-state index is 0.108. The van der Waals surface area contributed by atoms with Crippen LogP contribution in [0.2, 0.25) is 0 Å². The maximum absolute atomic E-state index is 12.8. The molecule has 0 aromatic heterocycles. The van der Waals surface area contributed by atoms with Crippen molar-refractivity contribution in [3.8, 4) is 0 Å². The molecule has 0 bridgehead atoms.